The highest BCUT2D eigenvalue weighted by Crippen LogP contribution is 2.43. The van der Waals surface area contributed by atoms with Crippen molar-refractivity contribution in [3.63, 3.8) is 0 Å². The minimum atomic E-state index is -0.645. The van der Waals surface area contributed by atoms with E-state index in [2.05, 4.69) is 40.8 Å². The summed E-state index contributed by atoms with van der Waals surface area (Å²) in [6, 6.07) is 4.03. The van der Waals surface area contributed by atoms with Gasteiger partial charge in [-0.3, -0.25) is 19.6 Å². The van der Waals surface area contributed by atoms with Crippen LogP contribution in [0.4, 0.5) is 0 Å². The van der Waals surface area contributed by atoms with Gasteiger partial charge in [-0.25, -0.2) is 0 Å². The molecule has 138 valence electrons. The van der Waals surface area contributed by atoms with Crippen molar-refractivity contribution in [2.45, 2.75) is 58.5 Å². The number of aromatic nitrogens is 1. The first-order chi connectivity index (χ1) is 12.0. The van der Waals surface area contributed by atoms with E-state index in [1.54, 1.807) is 0 Å². The second-order valence-electron chi connectivity index (χ2n) is 7.82. The van der Waals surface area contributed by atoms with Crippen molar-refractivity contribution in [3.8, 4) is 0 Å². The summed E-state index contributed by atoms with van der Waals surface area (Å²) < 4.78 is 0. The monoisotopic (exact) mass is 345 g/mol. The second kappa shape index (κ2) is 7.83. The van der Waals surface area contributed by atoms with Crippen LogP contribution in [0.1, 0.15) is 50.8 Å². The Kier molecular flexibility index (Phi) is 5.74. The van der Waals surface area contributed by atoms with Crippen LogP contribution in [0.25, 0.3) is 0 Å². The van der Waals surface area contributed by atoms with Crippen LogP contribution in [0.15, 0.2) is 18.3 Å². The molecule has 1 atom stereocenters. The van der Waals surface area contributed by atoms with Gasteiger partial charge >= 0.3 is 5.97 Å². The molecular formula is C20H31N3O2. The highest BCUT2D eigenvalue weighted by atomic mass is 16.4. The molecule has 0 saturated carbocycles. The van der Waals surface area contributed by atoms with Crippen molar-refractivity contribution >= 4 is 5.97 Å². The number of nitrogens with zero attached hydrogens (tertiary/aromatic N) is 3. The van der Waals surface area contributed by atoms with E-state index >= 15 is 0 Å². The Balaban J connectivity index is 1.56. The van der Waals surface area contributed by atoms with Crippen LogP contribution in [0.5, 0.6) is 0 Å². The lowest BCUT2D eigenvalue weighted by atomic mass is 9.76. The highest BCUT2D eigenvalue weighted by molar-refractivity contribution is 5.74. The van der Waals surface area contributed by atoms with Gasteiger partial charge in [0.15, 0.2) is 0 Å². The summed E-state index contributed by atoms with van der Waals surface area (Å²) in [6.45, 7) is 9.12. The number of aryl methyl sites for hydroxylation is 1. The average Bonchev–Trinajstić information content (AvgIpc) is 2.97. The van der Waals surface area contributed by atoms with E-state index < -0.39 is 5.97 Å². The molecule has 1 N–H and O–H groups in total. The first kappa shape index (κ1) is 18.3. The molecule has 2 aliphatic heterocycles. The van der Waals surface area contributed by atoms with E-state index in [9.17, 15) is 9.90 Å². The normalized spacial score (nSPS) is 24.0. The lowest BCUT2D eigenvalue weighted by molar-refractivity contribution is -0.142. The van der Waals surface area contributed by atoms with E-state index in [1.165, 1.54) is 5.56 Å². The third-order valence-corrected chi connectivity index (χ3v) is 6.00. The van der Waals surface area contributed by atoms with Crippen molar-refractivity contribution in [1.29, 1.82) is 0 Å². The van der Waals surface area contributed by atoms with Crippen LogP contribution in [-0.4, -0.2) is 58.1 Å². The van der Waals surface area contributed by atoms with Gasteiger partial charge in [0.1, 0.15) is 6.04 Å². The predicted molar refractivity (Wildman–Crippen MR) is 98.5 cm³/mol. The summed E-state index contributed by atoms with van der Waals surface area (Å²) in [7, 11) is 0. The number of carbonyl (C=O) groups is 1. The molecular weight excluding hydrogens is 314 g/mol. The van der Waals surface area contributed by atoms with E-state index in [0.717, 1.165) is 70.5 Å². The maximum atomic E-state index is 11.6. The fourth-order valence-corrected chi connectivity index (χ4v) is 4.45. The Hall–Kier alpha value is -1.46. The molecule has 1 aromatic rings. The summed E-state index contributed by atoms with van der Waals surface area (Å²) in [5.74, 6) is -0.645. The van der Waals surface area contributed by atoms with E-state index in [0.29, 0.717) is 0 Å². The molecule has 1 spiro atoms. The van der Waals surface area contributed by atoms with Gasteiger partial charge < -0.3 is 5.11 Å². The van der Waals surface area contributed by atoms with Gasteiger partial charge in [-0.05, 0) is 68.8 Å². The zero-order valence-corrected chi connectivity index (χ0v) is 15.6. The molecule has 0 aromatic carbocycles. The van der Waals surface area contributed by atoms with Gasteiger partial charge in [0.05, 0.1) is 5.69 Å². The van der Waals surface area contributed by atoms with Crippen LogP contribution in [0, 0.1) is 5.41 Å². The van der Waals surface area contributed by atoms with Gasteiger partial charge in [0.2, 0.25) is 0 Å². The quantitative estimate of drug-likeness (QED) is 0.859. The van der Waals surface area contributed by atoms with Gasteiger partial charge in [-0.2, -0.15) is 0 Å². The Bertz CT molecular complexity index is 579. The number of carboxylic acid groups (broad SMARTS) is 1. The molecule has 1 aromatic heterocycles. The Morgan fingerprint density at radius 2 is 2.08 bits per heavy atom. The molecule has 3 rings (SSSR count). The number of carboxylic acids is 1. The standard InChI is InChI=1S/C20H31N3O2/c1-3-9-23-15-20(12-18(23)19(24)25)7-10-22(11-8-20)14-17-6-5-16(4-2)13-21-17/h5-6,13,18H,3-4,7-12,14-15H2,1-2H3,(H,24,25)/t18-/m1/s1. The number of pyridine rings is 1. The summed E-state index contributed by atoms with van der Waals surface area (Å²) >= 11 is 0. The van der Waals surface area contributed by atoms with Gasteiger partial charge in [0.25, 0.3) is 0 Å². The molecule has 25 heavy (non-hydrogen) atoms. The van der Waals surface area contributed by atoms with Crippen molar-refractivity contribution in [2.75, 3.05) is 26.2 Å². The third-order valence-electron chi connectivity index (χ3n) is 6.00. The molecule has 2 fully saturated rings. The Morgan fingerprint density at radius 3 is 2.64 bits per heavy atom. The minimum absolute atomic E-state index is 0.203. The van der Waals surface area contributed by atoms with Crippen LogP contribution >= 0.6 is 0 Å². The summed E-state index contributed by atoms with van der Waals surface area (Å²) in [5.41, 5.74) is 2.62. The molecule has 3 heterocycles. The number of aliphatic carboxylic acids is 1. The second-order valence-corrected chi connectivity index (χ2v) is 7.82. The summed E-state index contributed by atoms with van der Waals surface area (Å²) in [4.78, 5) is 20.9. The summed E-state index contributed by atoms with van der Waals surface area (Å²) in [6.07, 6.45) is 7.05. The lowest BCUT2D eigenvalue weighted by Gasteiger charge is -2.39. The number of rotatable bonds is 6. The Labute approximate surface area is 151 Å². The predicted octanol–water partition coefficient (Wildman–Crippen LogP) is 2.80. The molecule has 5 heteroatoms. The smallest absolute Gasteiger partial charge is 0.320 e. The molecule has 0 radical (unpaired) electrons. The van der Waals surface area contributed by atoms with Gasteiger partial charge in [-0.15, -0.1) is 0 Å². The maximum Gasteiger partial charge on any atom is 0.320 e. The van der Waals surface area contributed by atoms with Crippen molar-refractivity contribution in [1.82, 2.24) is 14.8 Å². The van der Waals surface area contributed by atoms with E-state index in [4.69, 9.17) is 0 Å². The molecule has 0 amide bonds. The number of hydrogen-bond donors (Lipinski definition) is 1. The zero-order valence-electron chi connectivity index (χ0n) is 15.6. The minimum Gasteiger partial charge on any atom is -0.480 e. The van der Waals surface area contributed by atoms with Gasteiger partial charge in [-0.1, -0.05) is 19.9 Å². The van der Waals surface area contributed by atoms with E-state index in [-0.39, 0.29) is 11.5 Å². The maximum absolute atomic E-state index is 11.6. The van der Waals surface area contributed by atoms with Crippen LogP contribution in [-0.2, 0) is 17.8 Å². The highest BCUT2D eigenvalue weighted by Gasteiger charge is 2.47. The molecule has 2 aliphatic rings. The molecule has 0 aliphatic carbocycles. The fraction of sp³-hybridized carbons (Fsp3) is 0.700. The summed E-state index contributed by atoms with van der Waals surface area (Å²) in [5, 5.41) is 9.55. The van der Waals surface area contributed by atoms with Crippen LogP contribution in [0.2, 0.25) is 0 Å². The van der Waals surface area contributed by atoms with Gasteiger partial charge in [0, 0.05) is 19.3 Å². The van der Waals surface area contributed by atoms with Crippen LogP contribution < -0.4 is 0 Å². The van der Waals surface area contributed by atoms with Crippen molar-refractivity contribution < 1.29 is 9.90 Å². The first-order valence-electron chi connectivity index (χ1n) is 9.68. The number of hydrogen-bond acceptors (Lipinski definition) is 4. The first-order valence-corrected chi connectivity index (χ1v) is 9.68. The zero-order chi connectivity index (χ0) is 17.9. The fourth-order valence-electron chi connectivity index (χ4n) is 4.45. The van der Waals surface area contributed by atoms with Crippen molar-refractivity contribution in [2.24, 2.45) is 5.41 Å². The topological polar surface area (TPSA) is 56.7 Å². The van der Waals surface area contributed by atoms with Crippen LogP contribution in [0.3, 0.4) is 0 Å². The number of likely N-dealkylation sites (tertiary alicyclic amines) is 2. The largest absolute Gasteiger partial charge is 0.480 e. The number of piperidine rings is 1. The SMILES string of the molecule is CCCN1CC2(CCN(Cc3ccc(CC)cn3)CC2)C[C@@H]1C(=O)O. The molecule has 5 nitrogen and oxygen atoms in total. The van der Waals surface area contributed by atoms with E-state index in [1.807, 2.05) is 6.20 Å². The molecule has 0 unspecified atom stereocenters. The molecule has 0 bridgehead atoms. The third kappa shape index (κ3) is 4.21. The van der Waals surface area contributed by atoms with Crippen molar-refractivity contribution in [3.05, 3.63) is 29.6 Å². The lowest BCUT2D eigenvalue weighted by Crippen LogP contribution is -2.41. The Morgan fingerprint density at radius 1 is 1.32 bits per heavy atom. The molecule has 2 saturated heterocycles. The average molecular weight is 345 g/mol.